The van der Waals surface area contributed by atoms with Crippen molar-refractivity contribution in [3.8, 4) is 0 Å². The number of nitrogens with zero attached hydrogens (tertiary/aromatic N) is 1. The third-order valence-corrected chi connectivity index (χ3v) is 4.45. The predicted molar refractivity (Wildman–Crippen MR) is 99.5 cm³/mol. The summed E-state index contributed by atoms with van der Waals surface area (Å²) in [6, 6.07) is 20.0. The van der Waals surface area contributed by atoms with Gasteiger partial charge in [0.05, 0.1) is 12.3 Å². The number of hydrogen-bond acceptors (Lipinski definition) is 2. The van der Waals surface area contributed by atoms with Crippen molar-refractivity contribution in [3.63, 3.8) is 0 Å². The Morgan fingerprint density at radius 1 is 0.913 bits per heavy atom. The summed E-state index contributed by atoms with van der Waals surface area (Å²) in [5.41, 5.74) is 5.95. The Morgan fingerprint density at radius 2 is 1.57 bits per heavy atom. The van der Waals surface area contributed by atoms with Crippen LogP contribution in [-0.4, -0.2) is 5.71 Å². The van der Waals surface area contributed by atoms with E-state index >= 15 is 0 Å². The van der Waals surface area contributed by atoms with Crippen LogP contribution < -0.4 is 5.43 Å². The maximum atomic E-state index is 6.17. The molecule has 3 aromatic carbocycles. The number of benzene rings is 3. The summed E-state index contributed by atoms with van der Waals surface area (Å²) in [5, 5.41) is 8.15. The van der Waals surface area contributed by atoms with Crippen LogP contribution in [0.3, 0.4) is 0 Å². The predicted octanol–water partition coefficient (Wildman–Crippen LogP) is 5.66. The molecule has 0 saturated carbocycles. The zero-order chi connectivity index (χ0) is 16.2. The second kappa shape index (κ2) is 7.03. The van der Waals surface area contributed by atoms with E-state index in [4.69, 9.17) is 23.2 Å². The van der Waals surface area contributed by atoms with Gasteiger partial charge < -0.3 is 5.43 Å². The molecule has 1 N–H and O–H groups in total. The van der Waals surface area contributed by atoms with E-state index in [1.165, 1.54) is 10.8 Å². The second-order valence-electron chi connectivity index (χ2n) is 5.26. The average molecular weight is 343 g/mol. The lowest BCUT2D eigenvalue weighted by Crippen LogP contribution is -2.10. The maximum Gasteiger partial charge on any atom is 0.0650 e. The summed E-state index contributed by atoms with van der Waals surface area (Å²) in [6.45, 7) is 2.48. The van der Waals surface area contributed by atoms with Crippen LogP contribution in [0.2, 0.25) is 10.0 Å². The van der Waals surface area contributed by atoms with Gasteiger partial charge in [-0.2, -0.15) is 5.10 Å². The molecule has 0 spiro atoms. The van der Waals surface area contributed by atoms with Gasteiger partial charge in [0, 0.05) is 21.2 Å². The minimum Gasteiger partial charge on any atom is -0.305 e. The van der Waals surface area contributed by atoms with E-state index in [1.54, 1.807) is 0 Å². The Hall–Kier alpha value is -2.03. The summed E-state index contributed by atoms with van der Waals surface area (Å²) >= 11 is 12.3. The van der Waals surface area contributed by atoms with Crippen LogP contribution >= 0.6 is 23.2 Å². The Bertz CT molecular complexity index is 847. The van der Waals surface area contributed by atoms with Crippen LogP contribution in [0, 0.1) is 0 Å². The summed E-state index contributed by atoms with van der Waals surface area (Å²) in [6.07, 6.45) is 0. The molecule has 0 radical (unpaired) electrons. The van der Waals surface area contributed by atoms with Gasteiger partial charge in [-0.1, -0.05) is 71.7 Å². The van der Waals surface area contributed by atoms with Crippen molar-refractivity contribution in [2.75, 3.05) is 0 Å². The molecule has 0 aliphatic carbocycles. The molecule has 0 heterocycles. The molecule has 2 nitrogen and oxygen atoms in total. The topological polar surface area (TPSA) is 24.4 Å². The van der Waals surface area contributed by atoms with Gasteiger partial charge in [0.25, 0.3) is 0 Å². The first-order valence-corrected chi connectivity index (χ1v) is 8.10. The van der Waals surface area contributed by atoms with Crippen LogP contribution in [0.15, 0.2) is 65.8 Å². The SMILES string of the molecule is C/C(=N\NCc1c(Cl)cccc1Cl)c1cccc2ccccc12. The van der Waals surface area contributed by atoms with Gasteiger partial charge in [-0.3, -0.25) is 0 Å². The second-order valence-corrected chi connectivity index (χ2v) is 6.07. The minimum atomic E-state index is 0.487. The average Bonchev–Trinajstić information content (AvgIpc) is 2.57. The van der Waals surface area contributed by atoms with Crippen molar-refractivity contribution in [1.29, 1.82) is 0 Å². The first-order valence-electron chi connectivity index (χ1n) is 7.35. The molecule has 4 heteroatoms. The fourth-order valence-corrected chi connectivity index (χ4v) is 3.07. The van der Waals surface area contributed by atoms with E-state index in [9.17, 15) is 0 Å². The van der Waals surface area contributed by atoms with Crippen molar-refractivity contribution >= 4 is 39.7 Å². The first-order chi connectivity index (χ1) is 11.2. The van der Waals surface area contributed by atoms with Gasteiger partial charge in [-0.25, -0.2) is 0 Å². The Labute approximate surface area is 145 Å². The van der Waals surface area contributed by atoms with Gasteiger partial charge >= 0.3 is 0 Å². The van der Waals surface area contributed by atoms with Gasteiger partial charge in [0.1, 0.15) is 0 Å². The zero-order valence-electron chi connectivity index (χ0n) is 12.7. The number of rotatable bonds is 4. The lowest BCUT2D eigenvalue weighted by Gasteiger charge is -2.09. The zero-order valence-corrected chi connectivity index (χ0v) is 14.2. The molecule has 0 atom stereocenters. The highest BCUT2D eigenvalue weighted by Gasteiger charge is 2.06. The summed E-state index contributed by atoms with van der Waals surface area (Å²) < 4.78 is 0. The van der Waals surface area contributed by atoms with E-state index in [-0.39, 0.29) is 0 Å². The maximum absolute atomic E-state index is 6.17. The molecule has 23 heavy (non-hydrogen) atoms. The number of hydrazone groups is 1. The molecule has 0 unspecified atom stereocenters. The van der Waals surface area contributed by atoms with Crippen LogP contribution in [0.1, 0.15) is 18.1 Å². The molecule has 3 aromatic rings. The van der Waals surface area contributed by atoms with Gasteiger partial charge in [0.2, 0.25) is 0 Å². The quantitative estimate of drug-likeness (QED) is 0.480. The Kier molecular flexibility index (Phi) is 4.85. The van der Waals surface area contributed by atoms with Gasteiger partial charge in [-0.05, 0) is 29.8 Å². The molecule has 0 aliphatic rings. The number of fused-ring (bicyclic) bond motifs is 1. The van der Waals surface area contributed by atoms with Crippen molar-refractivity contribution in [3.05, 3.63) is 81.8 Å². The smallest absolute Gasteiger partial charge is 0.0650 e. The minimum absolute atomic E-state index is 0.487. The number of hydrogen-bond donors (Lipinski definition) is 1. The lowest BCUT2D eigenvalue weighted by molar-refractivity contribution is 0.744. The summed E-state index contributed by atoms with van der Waals surface area (Å²) in [4.78, 5) is 0. The van der Waals surface area contributed by atoms with E-state index in [1.807, 2.05) is 43.3 Å². The molecular formula is C19H16Cl2N2. The number of halogens is 2. The molecule has 0 saturated heterocycles. The molecule has 0 fully saturated rings. The molecule has 0 amide bonds. The van der Waals surface area contributed by atoms with Gasteiger partial charge in [0.15, 0.2) is 0 Å². The normalized spacial score (nSPS) is 11.7. The largest absolute Gasteiger partial charge is 0.305 e. The van der Waals surface area contributed by atoms with Crippen LogP contribution in [-0.2, 0) is 6.54 Å². The van der Waals surface area contributed by atoms with Crippen LogP contribution in [0.5, 0.6) is 0 Å². The van der Waals surface area contributed by atoms with E-state index in [0.29, 0.717) is 16.6 Å². The number of nitrogens with one attached hydrogen (secondary N) is 1. The monoisotopic (exact) mass is 342 g/mol. The van der Waals surface area contributed by atoms with Crippen molar-refractivity contribution in [2.24, 2.45) is 5.10 Å². The molecule has 116 valence electrons. The van der Waals surface area contributed by atoms with Crippen molar-refractivity contribution in [2.45, 2.75) is 13.5 Å². The molecule has 0 aromatic heterocycles. The standard InChI is InChI=1S/C19H16Cl2N2/c1-13(15-9-4-7-14-6-2-3-8-16(14)15)23-22-12-17-18(20)10-5-11-19(17)21/h2-11,22H,12H2,1H3/b23-13+. The Morgan fingerprint density at radius 3 is 2.35 bits per heavy atom. The van der Waals surface area contributed by atoms with E-state index in [2.05, 4.69) is 34.8 Å². The highest BCUT2D eigenvalue weighted by Crippen LogP contribution is 2.24. The molecule has 0 aliphatic heterocycles. The van der Waals surface area contributed by atoms with Crippen LogP contribution in [0.25, 0.3) is 10.8 Å². The summed E-state index contributed by atoms with van der Waals surface area (Å²) in [5.74, 6) is 0. The molecule has 0 bridgehead atoms. The van der Waals surface area contributed by atoms with Gasteiger partial charge in [-0.15, -0.1) is 0 Å². The lowest BCUT2D eigenvalue weighted by atomic mass is 10.0. The highest BCUT2D eigenvalue weighted by molar-refractivity contribution is 6.35. The third kappa shape index (κ3) is 3.49. The van der Waals surface area contributed by atoms with Crippen molar-refractivity contribution < 1.29 is 0 Å². The summed E-state index contributed by atoms with van der Waals surface area (Å²) in [7, 11) is 0. The van der Waals surface area contributed by atoms with E-state index in [0.717, 1.165) is 16.8 Å². The van der Waals surface area contributed by atoms with Crippen LogP contribution in [0.4, 0.5) is 0 Å². The first kappa shape index (κ1) is 15.9. The molecule has 3 rings (SSSR count). The molecular weight excluding hydrogens is 327 g/mol. The third-order valence-electron chi connectivity index (χ3n) is 3.74. The Balaban J connectivity index is 1.82. The highest BCUT2D eigenvalue weighted by atomic mass is 35.5. The fraction of sp³-hybridized carbons (Fsp3) is 0.105. The fourth-order valence-electron chi connectivity index (χ4n) is 2.54. The van der Waals surface area contributed by atoms with E-state index < -0.39 is 0 Å². The van der Waals surface area contributed by atoms with Crippen molar-refractivity contribution in [1.82, 2.24) is 5.43 Å².